The molecule has 1 saturated carbocycles. The summed E-state index contributed by atoms with van der Waals surface area (Å²) in [4.78, 5) is 35.3. The molecule has 3 heterocycles. The predicted octanol–water partition coefficient (Wildman–Crippen LogP) is 7.48. The van der Waals surface area contributed by atoms with Crippen molar-refractivity contribution in [3.63, 3.8) is 0 Å². The smallest absolute Gasteiger partial charge is 0.360 e. The molecule has 0 radical (unpaired) electrons. The third-order valence-electron chi connectivity index (χ3n) is 10.3. The fourth-order valence-electron chi connectivity index (χ4n) is 6.10. The highest BCUT2D eigenvalue weighted by Gasteiger charge is 2.40. The van der Waals surface area contributed by atoms with E-state index in [0.717, 1.165) is 6.42 Å². The SMILES string of the molecule is C/C=C/[C@H](O)C(C)(C)[C@@H]1C\C=C/C=C\C=C\[C@H](OC)Cc2nc(co2)C(=O)O[C@H](C(C)(C)[C@@H](O)/C=C/CCO)C/C=C\[C@H]2C[C@H]2/C=C/C=C\c2nc(co2)C(=O)O1. The Bertz CT molecular complexity index is 1840. The monoisotopic (exact) mass is 786 g/mol. The van der Waals surface area contributed by atoms with Crippen LogP contribution in [0, 0.1) is 22.7 Å². The summed E-state index contributed by atoms with van der Waals surface area (Å²) >= 11 is 0. The van der Waals surface area contributed by atoms with Gasteiger partial charge in [0, 0.05) is 43.5 Å². The molecule has 0 spiro atoms. The van der Waals surface area contributed by atoms with Gasteiger partial charge in [0.15, 0.2) is 17.3 Å². The van der Waals surface area contributed by atoms with Crippen LogP contribution < -0.4 is 0 Å². The Morgan fingerprint density at radius 3 is 2.11 bits per heavy atom. The number of carbonyl (C=O) groups is 2. The number of esters is 2. The average Bonchev–Trinajstić information content (AvgIpc) is 3.50. The van der Waals surface area contributed by atoms with Crippen molar-refractivity contribution in [2.75, 3.05) is 13.7 Å². The first-order valence-electron chi connectivity index (χ1n) is 19.4. The van der Waals surface area contributed by atoms with Crippen molar-refractivity contribution in [3.8, 4) is 0 Å². The normalized spacial score (nSPS) is 27.7. The van der Waals surface area contributed by atoms with Gasteiger partial charge in [0.1, 0.15) is 24.7 Å². The number of methoxy groups -OCH3 is 1. The number of oxazole rings is 2. The van der Waals surface area contributed by atoms with Gasteiger partial charge in [0.2, 0.25) is 5.89 Å². The summed E-state index contributed by atoms with van der Waals surface area (Å²) in [7, 11) is 1.56. The molecule has 2 aliphatic rings. The van der Waals surface area contributed by atoms with Crippen molar-refractivity contribution in [2.24, 2.45) is 22.7 Å². The third-order valence-corrected chi connectivity index (χ3v) is 10.3. The van der Waals surface area contributed by atoms with Gasteiger partial charge in [-0.25, -0.2) is 19.6 Å². The van der Waals surface area contributed by atoms with Gasteiger partial charge in [-0.05, 0) is 31.6 Å². The Morgan fingerprint density at radius 2 is 1.42 bits per heavy atom. The zero-order chi connectivity index (χ0) is 41.4. The number of aromatic nitrogens is 2. The van der Waals surface area contributed by atoms with E-state index >= 15 is 0 Å². The molecule has 4 rings (SSSR count). The molecule has 1 aliphatic carbocycles. The van der Waals surface area contributed by atoms with Crippen LogP contribution in [-0.2, 0) is 20.6 Å². The van der Waals surface area contributed by atoms with E-state index < -0.39 is 53.3 Å². The number of ether oxygens (including phenoxy) is 3. The highest BCUT2D eigenvalue weighted by molar-refractivity contribution is 5.87. The van der Waals surface area contributed by atoms with E-state index in [1.54, 1.807) is 43.6 Å². The number of nitrogens with zero attached hydrogens (tertiary/aromatic N) is 2. The summed E-state index contributed by atoms with van der Waals surface area (Å²) in [6.45, 7) is 9.12. The van der Waals surface area contributed by atoms with Gasteiger partial charge >= 0.3 is 11.9 Å². The molecule has 0 amide bonds. The maximum atomic E-state index is 13.4. The zero-order valence-electron chi connectivity index (χ0n) is 33.8. The molecule has 7 atom stereocenters. The second-order valence-electron chi connectivity index (χ2n) is 15.4. The molecule has 12 heteroatoms. The van der Waals surface area contributed by atoms with E-state index in [-0.39, 0.29) is 36.2 Å². The molecule has 0 unspecified atom stereocenters. The number of rotatable bonds is 9. The molecule has 2 aromatic rings. The molecule has 2 aromatic heterocycles. The van der Waals surface area contributed by atoms with Crippen LogP contribution in [0.5, 0.6) is 0 Å². The maximum Gasteiger partial charge on any atom is 0.360 e. The van der Waals surface area contributed by atoms with Crippen molar-refractivity contribution in [1.82, 2.24) is 9.97 Å². The molecular weight excluding hydrogens is 728 g/mol. The summed E-state index contributed by atoms with van der Waals surface area (Å²) in [6.07, 6.45) is 30.3. The Labute approximate surface area is 335 Å². The van der Waals surface area contributed by atoms with Crippen LogP contribution in [-0.4, -0.2) is 81.5 Å². The van der Waals surface area contributed by atoms with Crippen molar-refractivity contribution < 1.29 is 48.0 Å². The molecule has 57 heavy (non-hydrogen) atoms. The number of aliphatic hydroxyl groups excluding tert-OH is 3. The summed E-state index contributed by atoms with van der Waals surface area (Å²) < 4.78 is 28.7. The standard InChI is InChI=1S/C45H58N2O10/c1-7-18-36(49)44(2,3)38-23-12-10-8-9-11-21-33(53-6)28-41-47-35(30-55-41)43(52)57-39(45(4,5)37(50)22-15-16-26-48)24-17-20-32-27-31(32)19-13-14-25-40-46-34(29-54-40)42(51)56-38/h7-15,17-22,25,29-33,36-39,48-50H,16,23-24,26-28H2,1-6H3/b9-8-,12-10-,18-7+,19-13+,20-17-,21-11+,22-15+,25-14-/t31-,32+,33+,36+,37+,38+,39+/m1/s1. The lowest BCUT2D eigenvalue weighted by atomic mass is 9.78. The first-order chi connectivity index (χ1) is 27.3. The summed E-state index contributed by atoms with van der Waals surface area (Å²) in [6, 6.07) is 0. The van der Waals surface area contributed by atoms with Crippen molar-refractivity contribution in [1.29, 1.82) is 0 Å². The van der Waals surface area contributed by atoms with E-state index in [2.05, 4.69) is 22.1 Å². The van der Waals surface area contributed by atoms with E-state index in [9.17, 15) is 24.9 Å². The first kappa shape index (κ1) is 44.8. The minimum absolute atomic E-state index is 0.00966. The second-order valence-corrected chi connectivity index (χ2v) is 15.4. The first-order valence-corrected chi connectivity index (χ1v) is 19.4. The number of carbonyl (C=O) groups excluding carboxylic acids is 2. The topological polar surface area (TPSA) is 175 Å². The molecule has 308 valence electrons. The highest BCUT2D eigenvalue weighted by atomic mass is 16.6. The fourth-order valence-corrected chi connectivity index (χ4v) is 6.10. The largest absolute Gasteiger partial charge is 0.457 e. The molecule has 12 nitrogen and oxygen atoms in total. The van der Waals surface area contributed by atoms with Crippen LogP contribution in [0.4, 0.5) is 0 Å². The quantitative estimate of drug-likeness (QED) is 0.169. The minimum Gasteiger partial charge on any atom is -0.457 e. The Morgan fingerprint density at radius 1 is 0.807 bits per heavy atom. The van der Waals surface area contributed by atoms with Crippen molar-refractivity contribution in [2.45, 2.75) is 97.2 Å². The van der Waals surface area contributed by atoms with Crippen molar-refractivity contribution in [3.05, 3.63) is 127 Å². The van der Waals surface area contributed by atoms with Crippen molar-refractivity contribution >= 4 is 18.0 Å². The van der Waals surface area contributed by atoms with Gasteiger partial charge in [-0.1, -0.05) is 119 Å². The fraction of sp³-hybridized carbons (Fsp3) is 0.467. The Hall–Kier alpha value is -4.88. The molecule has 1 aliphatic heterocycles. The van der Waals surface area contributed by atoms with Gasteiger partial charge in [0.25, 0.3) is 0 Å². The molecule has 3 N–H and O–H groups in total. The van der Waals surface area contributed by atoms with Crippen LogP contribution >= 0.6 is 0 Å². The maximum absolute atomic E-state index is 13.4. The highest BCUT2D eigenvalue weighted by Crippen LogP contribution is 2.41. The number of hydrogen-bond acceptors (Lipinski definition) is 12. The predicted molar refractivity (Wildman–Crippen MR) is 217 cm³/mol. The third kappa shape index (κ3) is 13.3. The van der Waals surface area contributed by atoms with Crippen LogP contribution in [0.1, 0.15) is 93.1 Å². The number of aliphatic hydroxyl groups is 3. The van der Waals surface area contributed by atoms with E-state index in [1.165, 1.54) is 12.5 Å². The van der Waals surface area contributed by atoms with E-state index in [4.69, 9.17) is 23.0 Å². The molecule has 0 aromatic carbocycles. The van der Waals surface area contributed by atoms with Crippen LogP contribution in [0.3, 0.4) is 0 Å². The van der Waals surface area contributed by atoms with Gasteiger partial charge < -0.3 is 38.4 Å². The van der Waals surface area contributed by atoms with Gasteiger partial charge in [-0.2, -0.15) is 0 Å². The summed E-state index contributed by atoms with van der Waals surface area (Å²) in [5.74, 6) is -0.189. The second kappa shape index (κ2) is 21.6. The molecular formula is C45H58N2O10. The Kier molecular flexibility index (Phi) is 17.0. The lowest BCUT2D eigenvalue weighted by Crippen LogP contribution is -2.42. The van der Waals surface area contributed by atoms with Crippen LogP contribution in [0.25, 0.3) is 6.08 Å². The number of fused-ring (bicyclic) bond motifs is 5. The van der Waals surface area contributed by atoms with Crippen LogP contribution in [0.15, 0.2) is 113 Å². The van der Waals surface area contributed by atoms with Gasteiger partial charge in [-0.15, -0.1) is 0 Å². The zero-order valence-corrected chi connectivity index (χ0v) is 33.8. The van der Waals surface area contributed by atoms with Gasteiger partial charge in [-0.3, -0.25) is 0 Å². The number of allylic oxidation sites excluding steroid dienone is 9. The van der Waals surface area contributed by atoms with Crippen LogP contribution in [0.2, 0.25) is 0 Å². The summed E-state index contributed by atoms with van der Waals surface area (Å²) in [5, 5.41) is 31.2. The summed E-state index contributed by atoms with van der Waals surface area (Å²) in [5.41, 5.74) is -1.68. The molecule has 4 bridgehead atoms. The van der Waals surface area contributed by atoms with Gasteiger partial charge in [0.05, 0.1) is 24.7 Å². The molecule has 0 saturated heterocycles. The van der Waals surface area contributed by atoms with E-state index in [0.29, 0.717) is 31.1 Å². The molecule has 1 fully saturated rings. The lowest BCUT2D eigenvalue weighted by Gasteiger charge is -2.36. The Balaban J connectivity index is 1.58. The average molecular weight is 787 g/mol. The minimum atomic E-state index is -0.954. The number of hydrogen-bond donors (Lipinski definition) is 3. The number of cyclic esters (lactones) is 2. The van der Waals surface area contributed by atoms with E-state index in [1.807, 2.05) is 83.2 Å². The lowest BCUT2D eigenvalue weighted by molar-refractivity contribution is -0.0462.